The molecule has 0 bridgehead atoms. The van der Waals surface area contributed by atoms with E-state index in [2.05, 4.69) is 22.3 Å². The van der Waals surface area contributed by atoms with E-state index >= 15 is 0 Å². The molecule has 0 amide bonds. The smallest absolute Gasteiger partial charge is 0.160 e. The molecule has 1 saturated heterocycles. The summed E-state index contributed by atoms with van der Waals surface area (Å²) >= 11 is 0. The maximum atomic E-state index is 10.0. The highest BCUT2D eigenvalue weighted by molar-refractivity contribution is 5.71. The summed E-state index contributed by atoms with van der Waals surface area (Å²) in [7, 11) is 1.80. The fourth-order valence-corrected chi connectivity index (χ4v) is 5.32. The van der Waals surface area contributed by atoms with E-state index in [4.69, 9.17) is 24.0 Å². The Kier molecular flexibility index (Phi) is 8.38. The average molecular weight is 522 g/mol. The Bertz CT molecular complexity index is 1220. The number of rotatable bonds is 11. The molecule has 1 aliphatic heterocycles. The lowest BCUT2D eigenvalue weighted by atomic mass is 9.99. The van der Waals surface area contributed by atoms with Crippen molar-refractivity contribution in [3.8, 4) is 28.4 Å². The molecule has 3 heterocycles. The number of aliphatic hydroxyl groups excluding tert-OH is 1. The lowest BCUT2D eigenvalue weighted by Crippen LogP contribution is -2.46. The van der Waals surface area contributed by atoms with Gasteiger partial charge in [0.25, 0.3) is 0 Å². The Morgan fingerprint density at radius 2 is 2.05 bits per heavy atom. The first-order valence-electron chi connectivity index (χ1n) is 13.6. The molecule has 38 heavy (non-hydrogen) atoms. The monoisotopic (exact) mass is 521 g/mol. The molecule has 0 radical (unpaired) electrons. The van der Waals surface area contributed by atoms with Crippen LogP contribution in [0, 0.1) is 20.8 Å². The molecule has 2 atom stereocenters. The second-order valence-electron chi connectivity index (χ2n) is 10.5. The highest BCUT2D eigenvalue weighted by atomic mass is 16.5. The molecule has 204 valence electrons. The number of nitrogens with one attached hydrogen (secondary N) is 1. The highest BCUT2D eigenvalue weighted by Crippen LogP contribution is 2.34. The molecule has 2 aromatic heterocycles. The van der Waals surface area contributed by atoms with Gasteiger partial charge in [-0.3, -0.25) is 4.90 Å². The summed E-state index contributed by atoms with van der Waals surface area (Å²) in [6.45, 7) is 9.26. The van der Waals surface area contributed by atoms with Crippen LogP contribution in [-0.4, -0.2) is 83.3 Å². The van der Waals surface area contributed by atoms with Crippen LogP contribution < -0.4 is 10.1 Å². The maximum absolute atomic E-state index is 10.0. The van der Waals surface area contributed by atoms with Crippen LogP contribution in [0.2, 0.25) is 0 Å². The molecule has 1 unspecified atom stereocenters. The second kappa shape index (κ2) is 11.9. The summed E-state index contributed by atoms with van der Waals surface area (Å²) in [6.07, 6.45) is 3.83. The number of benzene rings is 1. The van der Waals surface area contributed by atoms with E-state index in [0.29, 0.717) is 24.2 Å². The van der Waals surface area contributed by atoms with Gasteiger partial charge in [-0.1, -0.05) is 17.3 Å². The Morgan fingerprint density at radius 1 is 1.21 bits per heavy atom. The standard InChI is InChI=1S/C29H39N5O4/c1-18-26(11-10-23-16-36-13-12-34(23)22-8-9-22)31-29(32-28(18)27-19(2)33-38-20(27)3)21-6-5-7-25(14-21)37-17-24(35)15-30-4/h5-7,14,22-24,30,35H,8-13,15-17H2,1-4H3/t23-,24?/m0/s1. The van der Waals surface area contributed by atoms with Gasteiger partial charge in [-0.15, -0.1) is 0 Å². The molecule has 1 aromatic carbocycles. The van der Waals surface area contributed by atoms with Crippen molar-refractivity contribution in [1.82, 2.24) is 25.3 Å². The molecule has 9 heteroatoms. The van der Waals surface area contributed by atoms with E-state index < -0.39 is 6.10 Å². The van der Waals surface area contributed by atoms with Crippen molar-refractivity contribution in [2.45, 2.75) is 64.6 Å². The fourth-order valence-electron chi connectivity index (χ4n) is 5.32. The summed E-state index contributed by atoms with van der Waals surface area (Å²) in [5.74, 6) is 2.06. The zero-order valence-electron chi connectivity index (χ0n) is 22.9. The number of morpholine rings is 1. The number of nitrogens with zero attached hydrogens (tertiary/aromatic N) is 4. The molecule has 2 fully saturated rings. The Balaban J connectivity index is 1.45. The first kappa shape index (κ1) is 26.7. The third-order valence-corrected chi connectivity index (χ3v) is 7.49. The lowest BCUT2D eigenvalue weighted by molar-refractivity contribution is -0.0145. The average Bonchev–Trinajstić information content (AvgIpc) is 3.72. The predicted molar refractivity (Wildman–Crippen MR) is 145 cm³/mol. The van der Waals surface area contributed by atoms with Crippen LogP contribution >= 0.6 is 0 Å². The molecule has 0 spiro atoms. The molecule has 1 saturated carbocycles. The van der Waals surface area contributed by atoms with Crippen molar-refractivity contribution in [2.75, 3.05) is 40.0 Å². The zero-order chi connectivity index (χ0) is 26.6. The number of hydrogen-bond donors (Lipinski definition) is 2. The summed E-state index contributed by atoms with van der Waals surface area (Å²) in [5.41, 5.74) is 5.55. The van der Waals surface area contributed by atoms with Gasteiger partial charge in [-0.05, 0) is 71.2 Å². The summed E-state index contributed by atoms with van der Waals surface area (Å²) in [4.78, 5) is 12.7. The highest BCUT2D eigenvalue weighted by Gasteiger charge is 2.35. The summed E-state index contributed by atoms with van der Waals surface area (Å²) in [5, 5.41) is 17.2. The normalized spacial score (nSPS) is 19.0. The molecular weight excluding hydrogens is 482 g/mol. The minimum atomic E-state index is -0.587. The number of aliphatic hydroxyl groups is 1. The van der Waals surface area contributed by atoms with Gasteiger partial charge in [-0.2, -0.15) is 0 Å². The number of likely N-dealkylation sites (N-methyl/N-ethyl adjacent to an activating group) is 1. The number of ether oxygens (including phenoxy) is 2. The molecule has 5 rings (SSSR count). The molecular formula is C29H39N5O4. The van der Waals surface area contributed by atoms with Crippen LogP contribution in [0.5, 0.6) is 5.75 Å². The van der Waals surface area contributed by atoms with Gasteiger partial charge < -0.3 is 24.4 Å². The van der Waals surface area contributed by atoms with E-state index in [-0.39, 0.29) is 6.61 Å². The van der Waals surface area contributed by atoms with Crippen LogP contribution in [0.1, 0.15) is 42.0 Å². The Morgan fingerprint density at radius 3 is 2.79 bits per heavy atom. The number of aromatic nitrogens is 3. The molecule has 9 nitrogen and oxygen atoms in total. The predicted octanol–water partition coefficient (Wildman–Crippen LogP) is 3.48. The van der Waals surface area contributed by atoms with Gasteiger partial charge in [0.05, 0.1) is 30.2 Å². The minimum absolute atomic E-state index is 0.204. The van der Waals surface area contributed by atoms with Crippen molar-refractivity contribution in [3.05, 3.63) is 47.0 Å². The number of aryl methyl sites for hydroxylation is 3. The summed E-state index contributed by atoms with van der Waals surface area (Å²) in [6, 6.07) is 8.87. The van der Waals surface area contributed by atoms with Gasteiger partial charge in [0.15, 0.2) is 5.82 Å². The SMILES string of the molecule is CNCC(O)COc1cccc(-c2nc(CC[C@H]3COCCN3C3CC3)c(C)c(-c3c(C)noc3C)n2)c1. The topological polar surface area (TPSA) is 106 Å². The third-order valence-electron chi connectivity index (χ3n) is 7.49. The largest absolute Gasteiger partial charge is 0.491 e. The quantitative estimate of drug-likeness (QED) is 0.392. The zero-order valence-corrected chi connectivity index (χ0v) is 22.9. The minimum Gasteiger partial charge on any atom is -0.491 e. The van der Waals surface area contributed by atoms with Gasteiger partial charge in [0, 0.05) is 36.4 Å². The lowest BCUT2D eigenvalue weighted by Gasteiger charge is -2.35. The Hall–Kier alpha value is -2.85. The second-order valence-corrected chi connectivity index (χ2v) is 10.5. The third kappa shape index (κ3) is 6.07. The molecule has 2 aliphatic rings. The van der Waals surface area contributed by atoms with Crippen molar-refractivity contribution in [2.24, 2.45) is 0 Å². The van der Waals surface area contributed by atoms with Crippen LogP contribution in [0.15, 0.2) is 28.8 Å². The van der Waals surface area contributed by atoms with Crippen LogP contribution in [0.25, 0.3) is 22.6 Å². The molecule has 2 N–H and O–H groups in total. The van der Waals surface area contributed by atoms with Crippen molar-refractivity contribution in [1.29, 1.82) is 0 Å². The van der Waals surface area contributed by atoms with E-state index in [0.717, 1.165) is 78.2 Å². The van der Waals surface area contributed by atoms with E-state index in [1.165, 1.54) is 12.8 Å². The van der Waals surface area contributed by atoms with Crippen molar-refractivity contribution < 1.29 is 19.1 Å². The Labute approximate surface area is 224 Å². The fraction of sp³-hybridized carbons (Fsp3) is 0.552. The maximum Gasteiger partial charge on any atom is 0.160 e. The van der Waals surface area contributed by atoms with Crippen molar-refractivity contribution >= 4 is 0 Å². The van der Waals surface area contributed by atoms with Crippen LogP contribution in [0.4, 0.5) is 0 Å². The van der Waals surface area contributed by atoms with Crippen LogP contribution in [0.3, 0.4) is 0 Å². The van der Waals surface area contributed by atoms with E-state index in [1.54, 1.807) is 7.05 Å². The van der Waals surface area contributed by atoms with Crippen LogP contribution in [-0.2, 0) is 11.2 Å². The van der Waals surface area contributed by atoms with Gasteiger partial charge in [-0.25, -0.2) is 9.97 Å². The first-order chi connectivity index (χ1) is 18.4. The number of hydrogen-bond acceptors (Lipinski definition) is 9. The summed E-state index contributed by atoms with van der Waals surface area (Å²) < 4.78 is 17.2. The molecule has 1 aliphatic carbocycles. The van der Waals surface area contributed by atoms with Gasteiger partial charge in [0.2, 0.25) is 0 Å². The first-order valence-corrected chi connectivity index (χ1v) is 13.6. The van der Waals surface area contributed by atoms with Gasteiger partial charge in [0.1, 0.15) is 24.2 Å². The van der Waals surface area contributed by atoms with Crippen molar-refractivity contribution in [3.63, 3.8) is 0 Å². The van der Waals surface area contributed by atoms with E-state index in [9.17, 15) is 5.11 Å². The van der Waals surface area contributed by atoms with Gasteiger partial charge >= 0.3 is 0 Å². The molecule has 3 aromatic rings. The van der Waals surface area contributed by atoms with E-state index in [1.807, 2.05) is 38.1 Å².